The van der Waals surface area contributed by atoms with Crippen molar-refractivity contribution in [2.75, 3.05) is 19.7 Å². The van der Waals surface area contributed by atoms with Gasteiger partial charge in [-0.15, -0.1) is 0 Å². The Bertz CT molecular complexity index is 236. The Balaban J connectivity index is 1.83. The molecule has 1 amide bonds. The second-order valence-corrected chi connectivity index (χ2v) is 5.25. The fourth-order valence-corrected chi connectivity index (χ4v) is 3.18. The van der Waals surface area contributed by atoms with Crippen LogP contribution in [0.3, 0.4) is 0 Å². The average molecular weight is 225 g/mol. The summed E-state index contributed by atoms with van der Waals surface area (Å²) in [5, 5.41) is 0. The Morgan fingerprint density at radius 2 is 1.75 bits per heavy atom. The SMILES string of the molecule is CCOC(=O)N1CCC2(CCCCC2)CC1. The van der Waals surface area contributed by atoms with Crippen LogP contribution in [-0.4, -0.2) is 30.7 Å². The zero-order valence-corrected chi connectivity index (χ0v) is 10.3. The third-order valence-electron chi connectivity index (χ3n) is 4.26. The average Bonchev–Trinajstić information content (AvgIpc) is 2.31. The second-order valence-electron chi connectivity index (χ2n) is 5.25. The summed E-state index contributed by atoms with van der Waals surface area (Å²) in [6, 6.07) is 0. The first-order valence-electron chi connectivity index (χ1n) is 6.67. The van der Waals surface area contributed by atoms with E-state index >= 15 is 0 Å². The third kappa shape index (κ3) is 2.50. The number of hydrogen-bond donors (Lipinski definition) is 0. The Labute approximate surface area is 98.1 Å². The van der Waals surface area contributed by atoms with E-state index in [9.17, 15) is 4.79 Å². The highest BCUT2D eigenvalue weighted by atomic mass is 16.6. The maximum absolute atomic E-state index is 11.6. The van der Waals surface area contributed by atoms with E-state index in [1.165, 1.54) is 44.9 Å². The molecule has 0 unspecified atom stereocenters. The van der Waals surface area contributed by atoms with Crippen molar-refractivity contribution >= 4 is 6.09 Å². The number of likely N-dealkylation sites (tertiary alicyclic amines) is 1. The van der Waals surface area contributed by atoms with Crippen LogP contribution < -0.4 is 0 Å². The topological polar surface area (TPSA) is 29.5 Å². The molecule has 0 bridgehead atoms. The summed E-state index contributed by atoms with van der Waals surface area (Å²) < 4.78 is 5.04. The summed E-state index contributed by atoms with van der Waals surface area (Å²) in [5.41, 5.74) is 0.571. The molecule has 0 aromatic carbocycles. The molecule has 0 atom stereocenters. The number of amides is 1. The summed E-state index contributed by atoms with van der Waals surface area (Å²) in [6.07, 6.45) is 9.20. The van der Waals surface area contributed by atoms with Crippen molar-refractivity contribution in [3.63, 3.8) is 0 Å². The predicted molar refractivity (Wildman–Crippen MR) is 63.3 cm³/mol. The molecule has 2 rings (SSSR count). The molecular formula is C13H23NO2. The van der Waals surface area contributed by atoms with E-state index in [1.807, 2.05) is 11.8 Å². The summed E-state index contributed by atoms with van der Waals surface area (Å²) in [6.45, 7) is 4.16. The lowest BCUT2D eigenvalue weighted by molar-refractivity contribution is 0.0505. The van der Waals surface area contributed by atoms with Gasteiger partial charge in [0.1, 0.15) is 0 Å². The van der Waals surface area contributed by atoms with Gasteiger partial charge in [-0.05, 0) is 38.0 Å². The van der Waals surface area contributed by atoms with E-state index in [-0.39, 0.29) is 6.09 Å². The molecule has 2 fully saturated rings. The van der Waals surface area contributed by atoms with Gasteiger partial charge in [0.15, 0.2) is 0 Å². The van der Waals surface area contributed by atoms with Gasteiger partial charge in [-0.2, -0.15) is 0 Å². The molecule has 0 N–H and O–H groups in total. The number of carbonyl (C=O) groups is 1. The first-order chi connectivity index (χ1) is 7.76. The van der Waals surface area contributed by atoms with E-state index in [4.69, 9.17) is 4.74 Å². The monoisotopic (exact) mass is 225 g/mol. The van der Waals surface area contributed by atoms with Crippen molar-refractivity contribution in [1.82, 2.24) is 4.90 Å². The van der Waals surface area contributed by atoms with Gasteiger partial charge in [0.05, 0.1) is 6.61 Å². The van der Waals surface area contributed by atoms with Crippen molar-refractivity contribution in [3.05, 3.63) is 0 Å². The maximum Gasteiger partial charge on any atom is 0.409 e. The normalized spacial score (nSPS) is 24.4. The first kappa shape index (κ1) is 11.7. The van der Waals surface area contributed by atoms with E-state index in [1.54, 1.807) is 0 Å². The van der Waals surface area contributed by atoms with Crippen molar-refractivity contribution in [2.24, 2.45) is 5.41 Å². The van der Waals surface area contributed by atoms with E-state index < -0.39 is 0 Å². The van der Waals surface area contributed by atoms with Gasteiger partial charge in [0, 0.05) is 13.1 Å². The number of nitrogens with zero attached hydrogens (tertiary/aromatic N) is 1. The summed E-state index contributed by atoms with van der Waals surface area (Å²) in [4.78, 5) is 13.5. The standard InChI is InChI=1S/C13H23NO2/c1-2-16-12(15)14-10-8-13(9-11-14)6-4-3-5-7-13/h2-11H2,1H3. The predicted octanol–water partition coefficient (Wildman–Crippen LogP) is 3.19. The van der Waals surface area contributed by atoms with Crippen molar-refractivity contribution in [3.8, 4) is 0 Å². The summed E-state index contributed by atoms with van der Waals surface area (Å²) >= 11 is 0. The highest BCUT2D eigenvalue weighted by molar-refractivity contribution is 5.67. The minimum absolute atomic E-state index is 0.117. The smallest absolute Gasteiger partial charge is 0.409 e. The number of ether oxygens (including phenoxy) is 1. The van der Waals surface area contributed by atoms with Gasteiger partial charge < -0.3 is 9.64 Å². The number of hydrogen-bond acceptors (Lipinski definition) is 2. The van der Waals surface area contributed by atoms with Crippen LogP contribution in [0.1, 0.15) is 51.9 Å². The zero-order chi connectivity index (χ0) is 11.4. The molecule has 3 heteroatoms. The molecule has 0 aromatic rings. The van der Waals surface area contributed by atoms with Crippen LogP contribution >= 0.6 is 0 Å². The van der Waals surface area contributed by atoms with Crippen LogP contribution in [0.2, 0.25) is 0 Å². The Kier molecular flexibility index (Phi) is 3.72. The number of piperidine rings is 1. The molecule has 1 spiro atoms. The van der Waals surface area contributed by atoms with Crippen LogP contribution in [0.4, 0.5) is 4.79 Å². The third-order valence-corrected chi connectivity index (χ3v) is 4.26. The minimum atomic E-state index is -0.117. The molecule has 1 saturated heterocycles. The molecule has 0 aromatic heterocycles. The zero-order valence-electron chi connectivity index (χ0n) is 10.3. The molecule has 3 nitrogen and oxygen atoms in total. The van der Waals surface area contributed by atoms with Gasteiger partial charge in [-0.3, -0.25) is 0 Å². The van der Waals surface area contributed by atoms with Gasteiger partial charge in [-0.1, -0.05) is 19.3 Å². The number of rotatable bonds is 1. The summed E-state index contributed by atoms with van der Waals surface area (Å²) in [7, 11) is 0. The first-order valence-corrected chi connectivity index (χ1v) is 6.67. The Morgan fingerprint density at radius 1 is 1.12 bits per heavy atom. The molecule has 0 radical (unpaired) electrons. The lowest BCUT2D eigenvalue weighted by atomic mass is 9.68. The molecule has 92 valence electrons. The van der Waals surface area contributed by atoms with Crippen LogP contribution in [0, 0.1) is 5.41 Å². The van der Waals surface area contributed by atoms with Gasteiger partial charge in [-0.25, -0.2) is 4.79 Å². The maximum atomic E-state index is 11.6. The van der Waals surface area contributed by atoms with Crippen LogP contribution in [0.5, 0.6) is 0 Å². The Hall–Kier alpha value is -0.730. The van der Waals surface area contributed by atoms with E-state index in [2.05, 4.69) is 0 Å². The van der Waals surface area contributed by atoms with Crippen molar-refractivity contribution in [1.29, 1.82) is 0 Å². The van der Waals surface area contributed by atoms with E-state index in [0.29, 0.717) is 12.0 Å². The second kappa shape index (κ2) is 5.07. The summed E-state index contributed by atoms with van der Waals surface area (Å²) in [5.74, 6) is 0. The largest absolute Gasteiger partial charge is 0.450 e. The fraction of sp³-hybridized carbons (Fsp3) is 0.923. The highest BCUT2D eigenvalue weighted by Gasteiger charge is 2.36. The molecular weight excluding hydrogens is 202 g/mol. The van der Waals surface area contributed by atoms with Gasteiger partial charge >= 0.3 is 6.09 Å². The molecule has 16 heavy (non-hydrogen) atoms. The molecule has 1 saturated carbocycles. The number of carbonyl (C=O) groups excluding carboxylic acids is 1. The van der Waals surface area contributed by atoms with Crippen LogP contribution in [0.15, 0.2) is 0 Å². The van der Waals surface area contributed by atoms with Gasteiger partial charge in [0.25, 0.3) is 0 Å². The fourth-order valence-electron chi connectivity index (χ4n) is 3.18. The van der Waals surface area contributed by atoms with Crippen molar-refractivity contribution < 1.29 is 9.53 Å². The Morgan fingerprint density at radius 3 is 2.31 bits per heavy atom. The molecule has 1 aliphatic carbocycles. The molecule has 2 aliphatic rings. The molecule has 1 heterocycles. The molecule has 1 aliphatic heterocycles. The van der Waals surface area contributed by atoms with Crippen molar-refractivity contribution in [2.45, 2.75) is 51.9 Å². The van der Waals surface area contributed by atoms with Crippen LogP contribution in [0.25, 0.3) is 0 Å². The quantitative estimate of drug-likeness (QED) is 0.686. The van der Waals surface area contributed by atoms with Crippen LogP contribution in [-0.2, 0) is 4.74 Å². The lowest BCUT2D eigenvalue weighted by Crippen LogP contribution is -2.44. The van der Waals surface area contributed by atoms with E-state index in [0.717, 1.165) is 13.1 Å². The minimum Gasteiger partial charge on any atom is -0.450 e. The highest BCUT2D eigenvalue weighted by Crippen LogP contribution is 2.44. The lowest BCUT2D eigenvalue weighted by Gasteiger charge is -2.43. The van der Waals surface area contributed by atoms with Gasteiger partial charge in [0.2, 0.25) is 0 Å².